The van der Waals surface area contributed by atoms with Crippen LogP contribution < -0.4 is 14.9 Å². The minimum atomic E-state index is -3.64. The topological polar surface area (TPSA) is 74.3 Å². The van der Waals surface area contributed by atoms with Crippen molar-refractivity contribution in [3.8, 4) is 0 Å². The number of aryl methyl sites for hydroxylation is 1. The number of hydrogen-bond donors (Lipinski definition) is 2. The Labute approximate surface area is 166 Å². The summed E-state index contributed by atoms with van der Waals surface area (Å²) in [6.07, 6.45) is 2.36. The Morgan fingerprint density at radius 3 is 2.07 bits per heavy atom. The van der Waals surface area contributed by atoms with Gasteiger partial charge in [0.2, 0.25) is 0 Å². The minimum absolute atomic E-state index is 0.230. The van der Waals surface area contributed by atoms with Crippen molar-refractivity contribution in [3.05, 3.63) is 72.4 Å². The van der Waals surface area contributed by atoms with E-state index in [1.54, 1.807) is 24.3 Å². The molecule has 0 amide bonds. The zero-order valence-electron chi connectivity index (χ0n) is 16.2. The Morgan fingerprint density at radius 2 is 1.54 bits per heavy atom. The number of rotatable bonds is 7. The fourth-order valence-corrected chi connectivity index (χ4v) is 3.68. The van der Waals surface area contributed by atoms with Gasteiger partial charge in [-0.3, -0.25) is 4.72 Å². The van der Waals surface area contributed by atoms with Crippen LogP contribution >= 0.6 is 0 Å². The van der Waals surface area contributed by atoms with E-state index in [0.717, 1.165) is 23.4 Å². The maximum atomic E-state index is 12.5. The van der Waals surface area contributed by atoms with Gasteiger partial charge in [0.05, 0.1) is 16.8 Å². The van der Waals surface area contributed by atoms with Crippen molar-refractivity contribution in [2.75, 3.05) is 29.0 Å². The molecule has 146 valence electrons. The molecule has 28 heavy (non-hydrogen) atoms. The van der Waals surface area contributed by atoms with Gasteiger partial charge in [0.25, 0.3) is 10.0 Å². The lowest BCUT2D eigenvalue weighted by Crippen LogP contribution is -2.13. The quantitative estimate of drug-likeness (QED) is 0.624. The van der Waals surface area contributed by atoms with Crippen molar-refractivity contribution in [2.24, 2.45) is 0 Å². The number of nitrogens with one attached hydrogen (secondary N) is 2. The number of hydrogen-bond acceptors (Lipinski definition) is 5. The first kappa shape index (κ1) is 19.7. The van der Waals surface area contributed by atoms with Gasteiger partial charge in [-0.05, 0) is 60.5 Å². The molecule has 1 aromatic heterocycles. The Hall–Kier alpha value is -3.06. The Balaban J connectivity index is 1.68. The first-order valence-electron chi connectivity index (χ1n) is 8.99. The molecular weight excluding hydrogens is 372 g/mol. The smallest absolute Gasteiger partial charge is 0.261 e. The van der Waals surface area contributed by atoms with E-state index in [1.165, 1.54) is 6.20 Å². The maximum absolute atomic E-state index is 12.5. The molecule has 0 aliphatic carbocycles. The molecule has 2 aromatic carbocycles. The predicted octanol–water partition coefficient (Wildman–Crippen LogP) is 4.25. The van der Waals surface area contributed by atoms with Crippen LogP contribution in [0.3, 0.4) is 0 Å². The third kappa shape index (κ3) is 4.80. The maximum Gasteiger partial charge on any atom is 0.261 e. The van der Waals surface area contributed by atoms with Gasteiger partial charge in [0.15, 0.2) is 0 Å². The molecule has 2 N–H and O–H groups in total. The SMILES string of the molecule is CCc1ccc(S(=O)(=O)Nc2ccc(Nc3ccc(N(C)C)cc3)nc2)cc1. The third-order valence-corrected chi connectivity index (χ3v) is 5.71. The molecular formula is C21H24N4O2S. The summed E-state index contributed by atoms with van der Waals surface area (Å²) in [6.45, 7) is 2.03. The molecule has 0 atom stereocenters. The van der Waals surface area contributed by atoms with E-state index in [4.69, 9.17) is 0 Å². The fraction of sp³-hybridized carbons (Fsp3) is 0.190. The zero-order chi connectivity index (χ0) is 20.1. The van der Waals surface area contributed by atoms with Gasteiger partial charge in [-0.25, -0.2) is 13.4 Å². The summed E-state index contributed by atoms with van der Waals surface area (Å²) in [4.78, 5) is 6.54. The van der Waals surface area contributed by atoms with Crippen LogP contribution in [0, 0.1) is 0 Å². The summed E-state index contributed by atoms with van der Waals surface area (Å²) < 4.78 is 27.6. The number of sulfonamides is 1. The molecule has 0 unspecified atom stereocenters. The Bertz CT molecular complexity index is 1010. The van der Waals surface area contributed by atoms with Gasteiger partial charge in [-0.1, -0.05) is 19.1 Å². The predicted molar refractivity (Wildman–Crippen MR) is 115 cm³/mol. The molecule has 0 fully saturated rings. The second-order valence-electron chi connectivity index (χ2n) is 6.60. The van der Waals surface area contributed by atoms with E-state index in [2.05, 4.69) is 15.0 Å². The zero-order valence-corrected chi connectivity index (χ0v) is 17.0. The van der Waals surface area contributed by atoms with Gasteiger partial charge in [-0.2, -0.15) is 0 Å². The van der Waals surface area contributed by atoms with Crippen molar-refractivity contribution in [3.63, 3.8) is 0 Å². The average Bonchev–Trinajstić information content (AvgIpc) is 2.70. The molecule has 0 saturated carbocycles. The summed E-state index contributed by atoms with van der Waals surface area (Å²) in [5.41, 5.74) is 3.51. The highest BCUT2D eigenvalue weighted by molar-refractivity contribution is 7.92. The van der Waals surface area contributed by atoms with Crippen molar-refractivity contribution in [1.29, 1.82) is 0 Å². The van der Waals surface area contributed by atoms with Crippen molar-refractivity contribution < 1.29 is 8.42 Å². The number of aromatic nitrogens is 1. The number of anilines is 4. The Morgan fingerprint density at radius 1 is 0.893 bits per heavy atom. The van der Waals surface area contributed by atoms with Gasteiger partial charge in [0.1, 0.15) is 5.82 Å². The van der Waals surface area contributed by atoms with E-state index < -0.39 is 10.0 Å². The van der Waals surface area contributed by atoms with Crippen LogP contribution in [0.2, 0.25) is 0 Å². The summed E-state index contributed by atoms with van der Waals surface area (Å²) in [5.74, 6) is 0.632. The Kier molecular flexibility index (Phi) is 5.84. The second-order valence-corrected chi connectivity index (χ2v) is 8.28. The van der Waals surface area contributed by atoms with Crippen LogP contribution in [0.5, 0.6) is 0 Å². The third-order valence-electron chi connectivity index (χ3n) is 4.31. The van der Waals surface area contributed by atoms with Crippen LogP contribution in [0.15, 0.2) is 71.8 Å². The van der Waals surface area contributed by atoms with Crippen LogP contribution in [-0.4, -0.2) is 27.5 Å². The van der Waals surface area contributed by atoms with Gasteiger partial charge < -0.3 is 10.2 Å². The van der Waals surface area contributed by atoms with E-state index in [0.29, 0.717) is 11.5 Å². The number of benzene rings is 2. The van der Waals surface area contributed by atoms with Crippen LogP contribution in [-0.2, 0) is 16.4 Å². The molecule has 1 heterocycles. The number of pyridine rings is 1. The summed E-state index contributed by atoms with van der Waals surface area (Å²) >= 11 is 0. The van der Waals surface area contributed by atoms with Gasteiger partial charge in [0, 0.05) is 25.5 Å². The first-order valence-corrected chi connectivity index (χ1v) is 10.5. The van der Waals surface area contributed by atoms with Crippen molar-refractivity contribution in [1.82, 2.24) is 4.98 Å². The lowest BCUT2D eigenvalue weighted by Gasteiger charge is -2.13. The molecule has 0 spiro atoms. The van der Waals surface area contributed by atoms with Crippen LogP contribution in [0.4, 0.5) is 22.9 Å². The molecule has 0 radical (unpaired) electrons. The first-order chi connectivity index (χ1) is 13.4. The van der Waals surface area contributed by atoms with E-state index >= 15 is 0 Å². The lowest BCUT2D eigenvalue weighted by molar-refractivity contribution is 0.601. The molecule has 3 rings (SSSR count). The molecule has 0 aliphatic heterocycles. The summed E-state index contributed by atoms with van der Waals surface area (Å²) in [6, 6.07) is 18.2. The molecule has 0 bridgehead atoms. The second kappa shape index (κ2) is 8.31. The highest BCUT2D eigenvalue weighted by Crippen LogP contribution is 2.21. The molecule has 3 aromatic rings. The van der Waals surface area contributed by atoms with Crippen LogP contribution in [0.25, 0.3) is 0 Å². The van der Waals surface area contributed by atoms with Gasteiger partial charge in [-0.15, -0.1) is 0 Å². The highest BCUT2D eigenvalue weighted by Gasteiger charge is 2.14. The largest absolute Gasteiger partial charge is 0.378 e. The monoisotopic (exact) mass is 396 g/mol. The summed E-state index contributed by atoms with van der Waals surface area (Å²) in [7, 11) is 0.338. The van der Waals surface area contributed by atoms with E-state index in [-0.39, 0.29) is 4.90 Å². The molecule has 0 aliphatic rings. The number of nitrogens with zero attached hydrogens (tertiary/aromatic N) is 2. The average molecular weight is 397 g/mol. The van der Waals surface area contributed by atoms with Gasteiger partial charge >= 0.3 is 0 Å². The fourth-order valence-electron chi connectivity index (χ4n) is 2.64. The molecule has 0 saturated heterocycles. The summed E-state index contributed by atoms with van der Waals surface area (Å²) in [5, 5.41) is 3.20. The van der Waals surface area contributed by atoms with E-state index in [9.17, 15) is 8.42 Å². The standard InChI is InChI=1S/C21H24N4O2S/c1-4-16-5-12-20(13-6-16)28(26,27)24-18-9-14-21(22-15-18)23-17-7-10-19(11-8-17)25(2)3/h5-15,24H,4H2,1-3H3,(H,22,23). The highest BCUT2D eigenvalue weighted by atomic mass is 32.2. The van der Waals surface area contributed by atoms with Crippen molar-refractivity contribution >= 4 is 32.9 Å². The minimum Gasteiger partial charge on any atom is -0.378 e. The van der Waals surface area contributed by atoms with E-state index in [1.807, 2.05) is 62.3 Å². The van der Waals surface area contributed by atoms with Crippen LogP contribution in [0.1, 0.15) is 12.5 Å². The lowest BCUT2D eigenvalue weighted by atomic mass is 10.2. The molecule has 7 heteroatoms. The normalized spacial score (nSPS) is 11.1. The van der Waals surface area contributed by atoms with Crippen molar-refractivity contribution in [2.45, 2.75) is 18.2 Å². The molecule has 6 nitrogen and oxygen atoms in total.